The summed E-state index contributed by atoms with van der Waals surface area (Å²) in [5, 5.41) is 3.44. The fourth-order valence-electron chi connectivity index (χ4n) is 2.40. The number of benzene rings is 1. The lowest BCUT2D eigenvalue weighted by Gasteiger charge is -2.17. The SMILES string of the molecule is CCC(C)Oc1ccc(CNCC2CCCO2)cc1OC. The topological polar surface area (TPSA) is 39.7 Å². The summed E-state index contributed by atoms with van der Waals surface area (Å²) in [7, 11) is 1.68. The van der Waals surface area contributed by atoms with Crippen LogP contribution >= 0.6 is 0 Å². The Morgan fingerprint density at radius 2 is 2.24 bits per heavy atom. The van der Waals surface area contributed by atoms with Crippen LogP contribution in [0.25, 0.3) is 0 Å². The number of methoxy groups -OCH3 is 1. The van der Waals surface area contributed by atoms with Gasteiger partial charge in [-0.1, -0.05) is 13.0 Å². The molecule has 0 saturated carbocycles. The van der Waals surface area contributed by atoms with Gasteiger partial charge in [0.15, 0.2) is 11.5 Å². The zero-order valence-corrected chi connectivity index (χ0v) is 13.4. The Hall–Kier alpha value is -1.26. The second-order valence-electron chi connectivity index (χ2n) is 5.59. The van der Waals surface area contributed by atoms with Crippen LogP contribution in [0.15, 0.2) is 18.2 Å². The second kappa shape index (κ2) is 8.25. The fourth-order valence-corrected chi connectivity index (χ4v) is 2.40. The standard InChI is InChI=1S/C17H27NO3/c1-4-13(2)21-16-8-7-14(10-17(16)19-3)11-18-12-15-6-5-9-20-15/h7-8,10,13,15,18H,4-6,9,11-12H2,1-3H3. The van der Waals surface area contributed by atoms with Crippen molar-refractivity contribution in [1.82, 2.24) is 5.32 Å². The van der Waals surface area contributed by atoms with E-state index >= 15 is 0 Å². The molecule has 1 aromatic carbocycles. The molecule has 0 amide bonds. The van der Waals surface area contributed by atoms with Crippen molar-refractivity contribution in [2.24, 2.45) is 0 Å². The smallest absolute Gasteiger partial charge is 0.161 e. The van der Waals surface area contributed by atoms with E-state index in [0.717, 1.165) is 44.0 Å². The Morgan fingerprint density at radius 3 is 2.90 bits per heavy atom. The van der Waals surface area contributed by atoms with Crippen molar-refractivity contribution < 1.29 is 14.2 Å². The van der Waals surface area contributed by atoms with Crippen molar-refractivity contribution in [2.75, 3.05) is 20.3 Å². The van der Waals surface area contributed by atoms with Crippen LogP contribution in [-0.2, 0) is 11.3 Å². The van der Waals surface area contributed by atoms with Crippen LogP contribution in [0.2, 0.25) is 0 Å². The number of rotatable bonds is 8. The zero-order valence-electron chi connectivity index (χ0n) is 13.4. The molecule has 118 valence electrons. The Bertz CT molecular complexity index is 430. The quantitative estimate of drug-likeness (QED) is 0.799. The van der Waals surface area contributed by atoms with Gasteiger partial charge < -0.3 is 19.5 Å². The molecule has 2 atom stereocenters. The predicted octanol–water partition coefficient (Wildman–Crippen LogP) is 3.14. The van der Waals surface area contributed by atoms with E-state index in [1.807, 2.05) is 12.1 Å². The van der Waals surface area contributed by atoms with E-state index in [-0.39, 0.29) is 6.10 Å². The van der Waals surface area contributed by atoms with Gasteiger partial charge in [-0.3, -0.25) is 0 Å². The molecule has 0 spiro atoms. The van der Waals surface area contributed by atoms with Crippen molar-refractivity contribution in [1.29, 1.82) is 0 Å². The molecule has 1 saturated heterocycles. The molecule has 2 rings (SSSR count). The van der Waals surface area contributed by atoms with Gasteiger partial charge in [0.25, 0.3) is 0 Å². The average Bonchev–Trinajstić information content (AvgIpc) is 3.01. The summed E-state index contributed by atoms with van der Waals surface area (Å²) in [4.78, 5) is 0. The van der Waals surface area contributed by atoms with E-state index in [1.54, 1.807) is 7.11 Å². The predicted molar refractivity (Wildman–Crippen MR) is 84.1 cm³/mol. The van der Waals surface area contributed by atoms with E-state index in [9.17, 15) is 0 Å². The maximum Gasteiger partial charge on any atom is 0.161 e. The van der Waals surface area contributed by atoms with E-state index in [1.165, 1.54) is 12.0 Å². The maximum absolute atomic E-state index is 5.86. The van der Waals surface area contributed by atoms with Gasteiger partial charge in [0, 0.05) is 19.7 Å². The summed E-state index contributed by atoms with van der Waals surface area (Å²) in [6, 6.07) is 6.12. The van der Waals surface area contributed by atoms with Crippen LogP contribution in [0.4, 0.5) is 0 Å². The van der Waals surface area contributed by atoms with Gasteiger partial charge in [0.2, 0.25) is 0 Å². The summed E-state index contributed by atoms with van der Waals surface area (Å²) in [5.74, 6) is 1.61. The lowest BCUT2D eigenvalue weighted by molar-refractivity contribution is 0.110. The Balaban J connectivity index is 1.88. The number of ether oxygens (including phenoxy) is 3. The van der Waals surface area contributed by atoms with Crippen LogP contribution < -0.4 is 14.8 Å². The van der Waals surface area contributed by atoms with Crippen molar-refractivity contribution >= 4 is 0 Å². The molecule has 1 aliphatic rings. The van der Waals surface area contributed by atoms with Crippen molar-refractivity contribution in [3.05, 3.63) is 23.8 Å². The molecule has 4 heteroatoms. The third-order valence-electron chi connectivity index (χ3n) is 3.86. The molecule has 1 aromatic rings. The fraction of sp³-hybridized carbons (Fsp3) is 0.647. The molecule has 1 N–H and O–H groups in total. The molecule has 0 radical (unpaired) electrons. The van der Waals surface area contributed by atoms with Crippen LogP contribution in [0.3, 0.4) is 0 Å². The molecule has 1 heterocycles. The summed E-state index contributed by atoms with van der Waals surface area (Å²) >= 11 is 0. The Kier molecular flexibility index (Phi) is 6.33. The highest BCUT2D eigenvalue weighted by Gasteiger charge is 2.14. The van der Waals surface area contributed by atoms with Gasteiger partial charge in [-0.05, 0) is 43.9 Å². The average molecular weight is 293 g/mol. The largest absolute Gasteiger partial charge is 0.493 e. The maximum atomic E-state index is 5.86. The second-order valence-corrected chi connectivity index (χ2v) is 5.59. The first-order chi connectivity index (χ1) is 10.2. The first kappa shape index (κ1) is 16.1. The number of hydrogen-bond donors (Lipinski definition) is 1. The van der Waals surface area contributed by atoms with E-state index in [0.29, 0.717) is 6.10 Å². The summed E-state index contributed by atoms with van der Waals surface area (Å²) in [6.07, 6.45) is 3.90. The number of nitrogens with one attached hydrogen (secondary N) is 1. The monoisotopic (exact) mass is 293 g/mol. The van der Waals surface area contributed by atoms with Crippen LogP contribution in [0.1, 0.15) is 38.7 Å². The van der Waals surface area contributed by atoms with Crippen molar-refractivity contribution in [3.8, 4) is 11.5 Å². The van der Waals surface area contributed by atoms with Gasteiger partial charge in [-0.25, -0.2) is 0 Å². The normalized spacial score (nSPS) is 19.5. The highest BCUT2D eigenvalue weighted by Crippen LogP contribution is 2.29. The Labute approximate surface area is 127 Å². The first-order valence-corrected chi connectivity index (χ1v) is 7.88. The Morgan fingerprint density at radius 1 is 1.38 bits per heavy atom. The summed E-state index contributed by atoms with van der Waals surface area (Å²) in [5.41, 5.74) is 1.20. The highest BCUT2D eigenvalue weighted by molar-refractivity contribution is 5.43. The van der Waals surface area contributed by atoms with E-state index in [2.05, 4.69) is 25.2 Å². The minimum atomic E-state index is 0.197. The minimum Gasteiger partial charge on any atom is -0.493 e. The molecular weight excluding hydrogens is 266 g/mol. The summed E-state index contributed by atoms with van der Waals surface area (Å²) in [6.45, 7) is 6.81. The van der Waals surface area contributed by atoms with Crippen LogP contribution in [0.5, 0.6) is 11.5 Å². The lowest BCUT2D eigenvalue weighted by atomic mass is 10.2. The molecule has 21 heavy (non-hydrogen) atoms. The van der Waals surface area contributed by atoms with E-state index < -0.39 is 0 Å². The molecule has 4 nitrogen and oxygen atoms in total. The van der Waals surface area contributed by atoms with Gasteiger partial charge in [0.1, 0.15) is 0 Å². The number of hydrogen-bond acceptors (Lipinski definition) is 4. The van der Waals surface area contributed by atoms with Crippen LogP contribution in [0, 0.1) is 0 Å². The third-order valence-corrected chi connectivity index (χ3v) is 3.86. The molecule has 1 fully saturated rings. The molecule has 0 aromatic heterocycles. The van der Waals surface area contributed by atoms with Gasteiger partial charge in [0.05, 0.1) is 19.3 Å². The first-order valence-electron chi connectivity index (χ1n) is 7.88. The van der Waals surface area contributed by atoms with Crippen molar-refractivity contribution in [2.45, 2.75) is 51.9 Å². The van der Waals surface area contributed by atoms with Gasteiger partial charge in [-0.15, -0.1) is 0 Å². The van der Waals surface area contributed by atoms with Gasteiger partial charge in [-0.2, -0.15) is 0 Å². The third kappa shape index (κ3) is 4.90. The molecule has 2 unspecified atom stereocenters. The van der Waals surface area contributed by atoms with Crippen LogP contribution in [-0.4, -0.2) is 32.5 Å². The van der Waals surface area contributed by atoms with E-state index in [4.69, 9.17) is 14.2 Å². The summed E-state index contributed by atoms with van der Waals surface area (Å²) < 4.78 is 16.9. The molecule has 1 aliphatic heterocycles. The van der Waals surface area contributed by atoms with Gasteiger partial charge >= 0.3 is 0 Å². The molecule has 0 bridgehead atoms. The zero-order chi connectivity index (χ0) is 15.1. The lowest BCUT2D eigenvalue weighted by Crippen LogP contribution is -2.25. The molecular formula is C17H27NO3. The highest BCUT2D eigenvalue weighted by atomic mass is 16.5. The molecule has 0 aliphatic carbocycles. The minimum absolute atomic E-state index is 0.197. The van der Waals surface area contributed by atoms with Crippen molar-refractivity contribution in [3.63, 3.8) is 0 Å².